The molecule has 1 aliphatic heterocycles. The summed E-state index contributed by atoms with van der Waals surface area (Å²) in [5, 5.41) is 0. The molecule has 1 heterocycles. The Balaban J connectivity index is 0.00000180. The second-order valence-electron chi connectivity index (χ2n) is 4.53. The number of nitrogens with zero attached hydrogens (tertiary/aromatic N) is 1. The molecule has 0 amide bonds. The van der Waals surface area contributed by atoms with Crippen LogP contribution in [0, 0.1) is 0 Å². The van der Waals surface area contributed by atoms with Gasteiger partial charge in [-0.2, -0.15) is 4.31 Å². The van der Waals surface area contributed by atoms with Gasteiger partial charge >= 0.3 is 0 Å². The van der Waals surface area contributed by atoms with Crippen LogP contribution in [0.15, 0.2) is 28.7 Å². The lowest BCUT2D eigenvalue weighted by Crippen LogP contribution is -2.40. The first-order chi connectivity index (χ1) is 8.53. The fourth-order valence-electron chi connectivity index (χ4n) is 2.29. The largest absolute Gasteiger partial charge is 0.329 e. The summed E-state index contributed by atoms with van der Waals surface area (Å²) >= 11 is 3.34. The van der Waals surface area contributed by atoms with Crippen molar-refractivity contribution in [3.63, 3.8) is 0 Å². The molecule has 19 heavy (non-hydrogen) atoms. The van der Waals surface area contributed by atoms with E-state index in [1.165, 1.54) is 0 Å². The molecule has 1 aliphatic rings. The Labute approximate surface area is 128 Å². The number of halogens is 2. The van der Waals surface area contributed by atoms with Crippen LogP contribution in [0.2, 0.25) is 0 Å². The van der Waals surface area contributed by atoms with E-state index in [4.69, 9.17) is 5.73 Å². The first kappa shape index (κ1) is 16.9. The maximum atomic E-state index is 12.3. The van der Waals surface area contributed by atoms with Crippen LogP contribution >= 0.6 is 28.3 Å². The van der Waals surface area contributed by atoms with E-state index >= 15 is 0 Å². The van der Waals surface area contributed by atoms with Crippen molar-refractivity contribution in [1.82, 2.24) is 4.31 Å². The molecule has 1 aromatic rings. The van der Waals surface area contributed by atoms with Gasteiger partial charge in [0.05, 0.1) is 5.75 Å². The van der Waals surface area contributed by atoms with Gasteiger partial charge in [0.1, 0.15) is 0 Å². The van der Waals surface area contributed by atoms with Gasteiger partial charge in [0.25, 0.3) is 0 Å². The Kier molecular flexibility index (Phi) is 6.26. The van der Waals surface area contributed by atoms with Gasteiger partial charge in [-0.25, -0.2) is 8.42 Å². The van der Waals surface area contributed by atoms with Gasteiger partial charge in [0.2, 0.25) is 10.0 Å². The second-order valence-corrected chi connectivity index (χ2v) is 7.36. The highest BCUT2D eigenvalue weighted by Gasteiger charge is 2.33. The van der Waals surface area contributed by atoms with Crippen molar-refractivity contribution in [3.8, 4) is 0 Å². The Hall–Kier alpha value is -0.140. The summed E-state index contributed by atoms with van der Waals surface area (Å²) in [6.07, 6.45) is 1.78. The lowest BCUT2D eigenvalue weighted by atomic mass is 10.2. The fourth-order valence-corrected chi connectivity index (χ4v) is 4.38. The van der Waals surface area contributed by atoms with E-state index in [9.17, 15) is 8.42 Å². The molecule has 0 radical (unpaired) electrons. The SMILES string of the molecule is Cl.NCC1CCCN1S(=O)(=O)Cc1ccc(Br)cc1. The minimum atomic E-state index is -3.25. The fraction of sp³-hybridized carbons (Fsp3) is 0.500. The summed E-state index contributed by atoms with van der Waals surface area (Å²) < 4.78 is 27.1. The number of hydrogen-bond donors (Lipinski definition) is 1. The molecule has 1 atom stereocenters. The van der Waals surface area contributed by atoms with Crippen LogP contribution in [0.5, 0.6) is 0 Å². The molecule has 0 aliphatic carbocycles. The molecule has 4 nitrogen and oxygen atoms in total. The maximum Gasteiger partial charge on any atom is 0.218 e. The molecule has 1 fully saturated rings. The van der Waals surface area contributed by atoms with E-state index in [-0.39, 0.29) is 24.2 Å². The number of rotatable bonds is 4. The standard InChI is InChI=1S/C12H17BrN2O2S.ClH/c13-11-5-3-10(4-6-11)9-18(16,17)15-7-1-2-12(15)8-14;/h3-6,12H,1-2,7-9,14H2;1H. The number of benzene rings is 1. The third-order valence-corrected chi connectivity index (χ3v) is 5.64. The average molecular weight is 370 g/mol. The van der Waals surface area contributed by atoms with Crippen molar-refractivity contribution >= 4 is 38.4 Å². The molecule has 0 spiro atoms. The summed E-state index contributed by atoms with van der Waals surface area (Å²) in [7, 11) is -3.25. The van der Waals surface area contributed by atoms with Gasteiger partial charge in [-0.15, -0.1) is 12.4 Å². The Bertz CT molecular complexity index is 507. The third-order valence-electron chi connectivity index (χ3n) is 3.21. The molecule has 1 unspecified atom stereocenters. The molecule has 0 aromatic heterocycles. The Morgan fingerprint density at radius 2 is 1.95 bits per heavy atom. The molecule has 0 saturated carbocycles. The Morgan fingerprint density at radius 1 is 1.32 bits per heavy atom. The van der Waals surface area contributed by atoms with Crippen LogP contribution in [0.25, 0.3) is 0 Å². The molecule has 108 valence electrons. The molecule has 0 bridgehead atoms. The first-order valence-electron chi connectivity index (χ1n) is 5.97. The lowest BCUT2D eigenvalue weighted by Gasteiger charge is -2.22. The van der Waals surface area contributed by atoms with E-state index in [0.29, 0.717) is 13.1 Å². The normalized spacial score (nSPS) is 20.2. The van der Waals surface area contributed by atoms with Gasteiger partial charge in [0.15, 0.2) is 0 Å². The summed E-state index contributed by atoms with van der Waals surface area (Å²) in [6, 6.07) is 7.35. The van der Waals surface area contributed by atoms with Gasteiger partial charge in [-0.3, -0.25) is 0 Å². The zero-order valence-electron chi connectivity index (χ0n) is 10.5. The van der Waals surface area contributed by atoms with Crippen LogP contribution < -0.4 is 5.73 Å². The van der Waals surface area contributed by atoms with Crippen molar-refractivity contribution in [2.45, 2.75) is 24.6 Å². The van der Waals surface area contributed by atoms with Gasteiger partial charge in [0, 0.05) is 23.6 Å². The van der Waals surface area contributed by atoms with E-state index in [1.807, 2.05) is 24.3 Å². The summed E-state index contributed by atoms with van der Waals surface area (Å²) in [5.74, 6) is 0.0524. The van der Waals surface area contributed by atoms with Crippen molar-refractivity contribution in [1.29, 1.82) is 0 Å². The smallest absolute Gasteiger partial charge is 0.218 e. The van der Waals surface area contributed by atoms with E-state index in [2.05, 4.69) is 15.9 Å². The van der Waals surface area contributed by atoms with Crippen molar-refractivity contribution < 1.29 is 8.42 Å². The Morgan fingerprint density at radius 3 is 2.53 bits per heavy atom. The second kappa shape index (κ2) is 7.04. The first-order valence-corrected chi connectivity index (χ1v) is 8.37. The van der Waals surface area contributed by atoms with Crippen molar-refractivity contribution in [2.24, 2.45) is 5.73 Å². The number of sulfonamides is 1. The zero-order chi connectivity index (χ0) is 13.2. The van der Waals surface area contributed by atoms with Crippen LogP contribution in [0.1, 0.15) is 18.4 Å². The van der Waals surface area contributed by atoms with Crippen molar-refractivity contribution in [3.05, 3.63) is 34.3 Å². The highest BCUT2D eigenvalue weighted by atomic mass is 79.9. The van der Waals surface area contributed by atoms with Crippen LogP contribution in [0.3, 0.4) is 0 Å². The van der Waals surface area contributed by atoms with E-state index in [1.54, 1.807) is 4.31 Å². The molecular weight excluding hydrogens is 352 g/mol. The zero-order valence-corrected chi connectivity index (χ0v) is 13.7. The maximum absolute atomic E-state index is 12.3. The van der Waals surface area contributed by atoms with Gasteiger partial charge < -0.3 is 5.73 Å². The monoisotopic (exact) mass is 368 g/mol. The van der Waals surface area contributed by atoms with Crippen LogP contribution in [-0.2, 0) is 15.8 Å². The average Bonchev–Trinajstić information content (AvgIpc) is 2.81. The summed E-state index contributed by atoms with van der Waals surface area (Å²) in [5.41, 5.74) is 6.43. The van der Waals surface area contributed by atoms with Gasteiger partial charge in [-0.05, 0) is 30.5 Å². The van der Waals surface area contributed by atoms with Crippen LogP contribution in [-0.4, -0.2) is 31.9 Å². The third kappa shape index (κ3) is 4.16. The molecule has 1 saturated heterocycles. The number of hydrogen-bond acceptors (Lipinski definition) is 3. The highest BCUT2D eigenvalue weighted by molar-refractivity contribution is 9.10. The lowest BCUT2D eigenvalue weighted by molar-refractivity contribution is 0.392. The molecular formula is C12H18BrClN2O2S. The topological polar surface area (TPSA) is 63.4 Å². The molecule has 7 heteroatoms. The highest BCUT2D eigenvalue weighted by Crippen LogP contribution is 2.23. The van der Waals surface area contributed by atoms with Gasteiger partial charge in [-0.1, -0.05) is 28.1 Å². The predicted octanol–water partition coefficient (Wildman–Crippen LogP) is 2.12. The van der Waals surface area contributed by atoms with E-state index in [0.717, 1.165) is 22.9 Å². The van der Waals surface area contributed by atoms with E-state index < -0.39 is 10.0 Å². The number of nitrogens with two attached hydrogens (primary N) is 1. The van der Waals surface area contributed by atoms with Crippen molar-refractivity contribution in [2.75, 3.05) is 13.1 Å². The summed E-state index contributed by atoms with van der Waals surface area (Å²) in [4.78, 5) is 0. The molecule has 2 N–H and O–H groups in total. The quantitative estimate of drug-likeness (QED) is 0.884. The minimum Gasteiger partial charge on any atom is -0.329 e. The predicted molar refractivity (Wildman–Crippen MR) is 82.8 cm³/mol. The summed E-state index contributed by atoms with van der Waals surface area (Å²) in [6.45, 7) is 1.00. The minimum absolute atomic E-state index is 0. The van der Waals surface area contributed by atoms with Crippen LogP contribution in [0.4, 0.5) is 0 Å². The molecule has 1 aromatic carbocycles. The molecule has 2 rings (SSSR count).